The maximum absolute atomic E-state index is 9.78. The minimum Gasteiger partial charge on any atom is -0.507 e. The zero-order valence-corrected chi connectivity index (χ0v) is 12.2. The smallest absolute Gasteiger partial charge is 0.243 e. The molecule has 0 aliphatic rings. The minimum atomic E-state index is -0.212. The predicted octanol–water partition coefficient (Wildman–Crippen LogP) is 3.25. The molecule has 1 aromatic carbocycles. The maximum atomic E-state index is 9.78. The van der Waals surface area contributed by atoms with Crippen molar-refractivity contribution in [2.75, 3.05) is 0 Å². The molecule has 0 saturated heterocycles. The number of unbranched alkanes of at least 4 members (excludes halogenated alkanes) is 1. The van der Waals surface area contributed by atoms with Crippen molar-refractivity contribution >= 4 is 0 Å². The largest absolute Gasteiger partial charge is 0.507 e. The molecule has 1 atom stereocenters. The maximum Gasteiger partial charge on any atom is 0.243 e. The molecule has 0 aliphatic heterocycles. The summed E-state index contributed by atoms with van der Waals surface area (Å²) in [7, 11) is 0. The molecule has 1 unspecified atom stereocenters. The fourth-order valence-electron chi connectivity index (χ4n) is 2.14. The Morgan fingerprint density at radius 3 is 2.55 bits per heavy atom. The van der Waals surface area contributed by atoms with Crippen LogP contribution in [0, 0.1) is 13.8 Å². The van der Waals surface area contributed by atoms with Gasteiger partial charge in [0.05, 0.1) is 6.04 Å². The van der Waals surface area contributed by atoms with E-state index in [1.807, 2.05) is 26.0 Å². The van der Waals surface area contributed by atoms with Gasteiger partial charge in [0.1, 0.15) is 5.75 Å². The molecule has 3 N–H and O–H groups in total. The highest BCUT2D eigenvalue weighted by atomic mass is 16.5. The number of phenols is 1. The van der Waals surface area contributed by atoms with Crippen LogP contribution in [0.1, 0.15) is 49.2 Å². The van der Waals surface area contributed by atoms with Gasteiger partial charge in [0.2, 0.25) is 11.7 Å². The van der Waals surface area contributed by atoms with Gasteiger partial charge in [-0.3, -0.25) is 0 Å². The number of benzene rings is 1. The van der Waals surface area contributed by atoms with Crippen molar-refractivity contribution in [3.05, 3.63) is 29.2 Å². The Labute approximate surface area is 118 Å². The summed E-state index contributed by atoms with van der Waals surface area (Å²) in [6.07, 6.45) is 2.97. The van der Waals surface area contributed by atoms with Crippen LogP contribution in [0.3, 0.4) is 0 Å². The third-order valence-corrected chi connectivity index (χ3v) is 3.38. The first-order valence-electron chi connectivity index (χ1n) is 6.92. The molecular formula is C15H21N3O2. The molecule has 20 heavy (non-hydrogen) atoms. The van der Waals surface area contributed by atoms with Gasteiger partial charge in [0, 0.05) is 5.56 Å². The first-order chi connectivity index (χ1) is 9.52. The summed E-state index contributed by atoms with van der Waals surface area (Å²) in [5.41, 5.74) is 8.44. The van der Waals surface area contributed by atoms with Crippen molar-refractivity contribution in [1.82, 2.24) is 10.1 Å². The van der Waals surface area contributed by atoms with E-state index in [9.17, 15) is 5.11 Å². The third kappa shape index (κ3) is 2.99. The van der Waals surface area contributed by atoms with Crippen molar-refractivity contribution < 1.29 is 9.63 Å². The summed E-state index contributed by atoms with van der Waals surface area (Å²) in [5, 5.41) is 13.8. The fourth-order valence-corrected chi connectivity index (χ4v) is 2.14. The molecule has 0 saturated carbocycles. The summed E-state index contributed by atoms with van der Waals surface area (Å²) >= 11 is 0. The van der Waals surface area contributed by atoms with Gasteiger partial charge >= 0.3 is 0 Å². The second-order valence-electron chi connectivity index (χ2n) is 5.16. The highest BCUT2D eigenvalue weighted by molar-refractivity contribution is 5.60. The Morgan fingerprint density at radius 2 is 1.95 bits per heavy atom. The molecular weight excluding hydrogens is 254 g/mol. The van der Waals surface area contributed by atoms with Crippen LogP contribution in [-0.4, -0.2) is 15.2 Å². The lowest BCUT2D eigenvalue weighted by Crippen LogP contribution is -2.10. The number of phenolic OH excluding ortho intramolecular Hbond substituents is 1. The number of rotatable bonds is 5. The second kappa shape index (κ2) is 6.05. The van der Waals surface area contributed by atoms with Crippen molar-refractivity contribution in [2.45, 2.75) is 46.1 Å². The van der Waals surface area contributed by atoms with Crippen LogP contribution >= 0.6 is 0 Å². The van der Waals surface area contributed by atoms with Crippen LogP contribution in [0.4, 0.5) is 0 Å². The highest BCUT2D eigenvalue weighted by Gasteiger charge is 2.16. The Balaban J connectivity index is 2.24. The second-order valence-corrected chi connectivity index (χ2v) is 5.16. The number of aryl methyl sites for hydroxylation is 2. The summed E-state index contributed by atoms with van der Waals surface area (Å²) < 4.78 is 5.24. The lowest BCUT2D eigenvalue weighted by atomic mass is 10.1. The molecule has 1 heterocycles. The Hall–Kier alpha value is -1.88. The molecule has 5 heteroatoms. The molecule has 2 aromatic rings. The van der Waals surface area contributed by atoms with Gasteiger partial charge < -0.3 is 15.4 Å². The number of aromatic hydroxyl groups is 1. The Kier molecular flexibility index (Phi) is 4.39. The van der Waals surface area contributed by atoms with E-state index in [2.05, 4.69) is 17.1 Å². The highest BCUT2D eigenvalue weighted by Crippen LogP contribution is 2.28. The van der Waals surface area contributed by atoms with Crippen molar-refractivity contribution in [1.29, 1.82) is 0 Å². The average Bonchev–Trinajstić information content (AvgIpc) is 2.91. The van der Waals surface area contributed by atoms with Crippen LogP contribution in [-0.2, 0) is 0 Å². The average molecular weight is 275 g/mol. The van der Waals surface area contributed by atoms with Crippen LogP contribution in [0.25, 0.3) is 11.4 Å². The van der Waals surface area contributed by atoms with Gasteiger partial charge in [-0.05, 0) is 43.5 Å². The summed E-state index contributed by atoms with van der Waals surface area (Å²) in [4.78, 5) is 4.36. The summed E-state index contributed by atoms with van der Waals surface area (Å²) in [6.45, 7) is 5.81. The third-order valence-electron chi connectivity index (χ3n) is 3.38. The number of hydrogen-bond donors (Lipinski definition) is 2. The quantitative estimate of drug-likeness (QED) is 0.874. The van der Waals surface area contributed by atoms with E-state index in [0.717, 1.165) is 36.0 Å². The van der Waals surface area contributed by atoms with Gasteiger partial charge in [0.25, 0.3) is 0 Å². The normalized spacial score (nSPS) is 12.6. The lowest BCUT2D eigenvalue weighted by molar-refractivity contribution is 0.346. The molecule has 1 aromatic heterocycles. The monoisotopic (exact) mass is 275 g/mol. The van der Waals surface area contributed by atoms with Crippen LogP contribution in [0.2, 0.25) is 0 Å². The standard InChI is InChI=1S/C15H21N3O2/c1-4-5-6-12(16)15-17-14(18-20-15)11-7-9(2)13(19)10(3)8-11/h7-8,12,19H,4-6,16H2,1-3H3. The molecule has 0 spiro atoms. The van der Waals surface area contributed by atoms with Crippen LogP contribution < -0.4 is 5.73 Å². The molecule has 108 valence electrons. The minimum absolute atomic E-state index is 0.212. The zero-order chi connectivity index (χ0) is 14.7. The van der Waals surface area contributed by atoms with Crippen molar-refractivity contribution in [2.24, 2.45) is 5.73 Å². The van der Waals surface area contributed by atoms with Crippen LogP contribution in [0.5, 0.6) is 5.75 Å². The molecule has 0 radical (unpaired) electrons. The topological polar surface area (TPSA) is 85.2 Å². The van der Waals surface area contributed by atoms with Crippen molar-refractivity contribution in [3.63, 3.8) is 0 Å². The first-order valence-corrected chi connectivity index (χ1v) is 6.92. The summed E-state index contributed by atoms with van der Waals surface area (Å²) in [5.74, 6) is 1.28. The molecule has 0 fully saturated rings. The number of aromatic nitrogens is 2. The molecule has 0 bridgehead atoms. The first kappa shape index (κ1) is 14.5. The SMILES string of the molecule is CCCCC(N)c1nc(-c2cc(C)c(O)c(C)c2)no1. The van der Waals surface area contributed by atoms with Crippen LogP contribution in [0.15, 0.2) is 16.7 Å². The van der Waals surface area contributed by atoms with E-state index in [1.54, 1.807) is 0 Å². The van der Waals surface area contributed by atoms with E-state index in [-0.39, 0.29) is 6.04 Å². The van der Waals surface area contributed by atoms with E-state index < -0.39 is 0 Å². The molecule has 0 aliphatic carbocycles. The number of nitrogens with two attached hydrogens (primary N) is 1. The molecule has 0 amide bonds. The van der Waals surface area contributed by atoms with Gasteiger partial charge in [-0.1, -0.05) is 24.9 Å². The van der Waals surface area contributed by atoms with Gasteiger partial charge in [-0.25, -0.2) is 0 Å². The van der Waals surface area contributed by atoms with Gasteiger partial charge in [0.15, 0.2) is 0 Å². The van der Waals surface area contributed by atoms with E-state index in [4.69, 9.17) is 10.3 Å². The Bertz CT molecular complexity index is 570. The van der Waals surface area contributed by atoms with E-state index in [1.165, 1.54) is 0 Å². The van der Waals surface area contributed by atoms with E-state index in [0.29, 0.717) is 17.5 Å². The van der Waals surface area contributed by atoms with Crippen molar-refractivity contribution in [3.8, 4) is 17.1 Å². The summed E-state index contributed by atoms with van der Waals surface area (Å²) in [6, 6.07) is 3.47. The number of hydrogen-bond acceptors (Lipinski definition) is 5. The van der Waals surface area contributed by atoms with Gasteiger partial charge in [-0.2, -0.15) is 4.98 Å². The number of nitrogens with zero attached hydrogens (tertiary/aromatic N) is 2. The fraction of sp³-hybridized carbons (Fsp3) is 0.467. The lowest BCUT2D eigenvalue weighted by Gasteiger charge is -2.05. The van der Waals surface area contributed by atoms with E-state index >= 15 is 0 Å². The van der Waals surface area contributed by atoms with Gasteiger partial charge in [-0.15, -0.1) is 0 Å². The molecule has 2 rings (SSSR count). The predicted molar refractivity (Wildman–Crippen MR) is 77.3 cm³/mol. The Morgan fingerprint density at radius 1 is 1.30 bits per heavy atom. The molecule has 5 nitrogen and oxygen atoms in total. The zero-order valence-electron chi connectivity index (χ0n) is 12.2.